The average Bonchev–Trinajstić information content (AvgIpc) is 3.37. The van der Waals surface area contributed by atoms with E-state index in [-0.39, 0.29) is 50.0 Å². The first-order valence-electron chi connectivity index (χ1n) is 14.2. The van der Waals surface area contributed by atoms with Gasteiger partial charge in [-0.3, -0.25) is 24.1 Å². The monoisotopic (exact) mass is 554 g/mol. The van der Waals surface area contributed by atoms with Crippen LogP contribution in [-0.2, 0) is 35.3 Å². The van der Waals surface area contributed by atoms with Gasteiger partial charge in [-0.15, -0.1) is 0 Å². The van der Waals surface area contributed by atoms with Crippen LogP contribution >= 0.6 is 0 Å². The highest BCUT2D eigenvalue weighted by atomic mass is 16.5. The first-order chi connectivity index (χ1) is 19.4. The molecule has 40 heavy (non-hydrogen) atoms. The number of amides is 5. The van der Waals surface area contributed by atoms with Crippen molar-refractivity contribution in [2.75, 3.05) is 6.54 Å². The van der Waals surface area contributed by atoms with Crippen molar-refractivity contribution in [3.63, 3.8) is 0 Å². The molecule has 1 aromatic rings. The molecule has 0 bridgehead atoms. The fourth-order valence-electron chi connectivity index (χ4n) is 5.84. The number of hydrogen-bond donors (Lipinski definition) is 3. The van der Waals surface area contributed by atoms with Gasteiger partial charge < -0.3 is 25.5 Å². The van der Waals surface area contributed by atoms with Crippen LogP contribution in [0.15, 0.2) is 30.3 Å². The summed E-state index contributed by atoms with van der Waals surface area (Å²) in [6.07, 6.45) is 5.75. The van der Waals surface area contributed by atoms with Crippen molar-refractivity contribution in [2.45, 2.75) is 88.9 Å². The van der Waals surface area contributed by atoms with E-state index in [1.165, 1.54) is 0 Å². The molecule has 2 aliphatic heterocycles. The third-order valence-corrected chi connectivity index (χ3v) is 8.04. The zero-order valence-electron chi connectivity index (χ0n) is 22.6. The number of nitrogens with zero attached hydrogens (tertiary/aromatic N) is 1. The van der Waals surface area contributed by atoms with E-state index in [2.05, 4.69) is 16.0 Å². The Bertz CT molecular complexity index is 1090. The number of hydrogen-bond acceptors (Lipinski definition) is 7. The molecule has 3 unspecified atom stereocenters. The van der Waals surface area contributed by atoms with Crippen molar-refractivity contribution < 1.29 is 33.5 Å². The van der Waals surface area contributed by atoms with Crippen molar-refractivity contribution in [2.24, 2.45) is 11.8 Å². The van der Waals surface area contributed by atoms with Crippen LogP contribution in [-0.4, -0.2) is 65.6 Å². The second-order valence-electron chi connectivity index (χ2n) is 10.9. The fourth-order valence-corrected chi connectivity index (χ4v) is 5.84. The number of imide groups is 1. The Hall–Kier alpha value is -3.76. The molecule has 4 atom stereocenters. The molecule has 0 aromatic heterocycles. The van der Waals surface area contributed by atoms with Crippen LogP contribution < -0.4 is 16.0 Å². The lowest BCUT2D eigenvalue weighted by atomic mass is 9.83. The molecule has 1 saturated carbocycles. The summed E-state index contributed by atoms with van der Waals surface area (Å²) in [5, 5.41) is 7.97. The number of likely N-dealkylation sites (tertiary alicyclic amines) is 1. The van der Waals surface area contributed by atoms with E-state index in [1.807, 2.05) is 18.2 Å². The van der Waals surface area contributed by atoms with Crippen LogP contribution in [0.25, 0.3) is 0 Å². The normalized spacial score (nSPS) is 23.2. The molecule has 4 rings (SSSR count). The number of piperidine rings is 1. The topological polar surface area (TPSA) is 151 Å². The molecular weight excluding hydrogens is 516 g/mol. The fraction of sp³-hybridized carbons (Fsp3) is 0.586. The summed E-state index contributed by atoms with van der Waals surface area (Å²) >= 11 is 0. The highest BCUT2D eigenvalue weighted by Gasteiger charge is 2.43. The first-order valence-corrected chi connectivity index (χ1v) is 14.2. The lowest BCUT2D eigenvalue weighted by Gasteiger charge is -2.38. The SMILES string of the molecule is O=CC(CC1CCNC1=O)NC(=O)C(CC1CCCCC1)N1C(=O)CC[C@H](NC(=O)OCc2ccccc2)C1=O. The maximum absolute atomic E-state index is 13.6. The maximum Gasteiger partial charge on any atom is 0.408 e. The number of rotatable bonds is 11. The predicted octanol–water partition coefficient (Wildman–Crippen LogP) is 1.98. The van der Waals surface area contributed by atoms with Gasteiger partial charge in [0.15, 0.2) is 0 Å². The van der Waals surface area contributed by atoms with Crippen molar-refractivity contribution in [1.82, 2.24) is 20.9 Å². The van der Waals surface area contributed by atoms with Gasteiger partial charge in [-0.05, 0) is 37.2 Å². The van der Waals surface area contributed by atoms with Crippen molar-refractivity contribution in [3.05, 3.63) is 35.9 Å². The van der Waals surface area contributed by atoms with Gasteiger partial charge in [0.2, 0.25) is 17.7 Å². The van der Waals surface area contributed by atoms with Crippen molar-refractivity contribution in [1.29, 1.82) is 0 Å². The number of benzene rings is 1. The quantitative estimate of drug-likeness (QED) is 0.279. The average molecular weight is 555 g/mol. The summed E-state index contributed by atoms with van der Waals surface area (Å²) in [6, 6.07) is 6.03. The number of aldehydes is 1. The number of alkyl carbamates (subject to hydrolysis) is 1. The maximum atomic E-state index is 13.6. The Balaban J connectivity index is 1.45. The summed E-state index contributed by atoms with van der Waals surface area (Å²) in [6.45, 7) is 0.543. The zero-order valence-corrected chi connectivity index (χ0v) is 22.6. The number of ether oxygens (including phenoxy) is 1. The molecule has 2 saturated heterocycles. The van der Waals surface area contributed by atoms with E-state index in [1.54, 1.807) is 12.1 Å². The minimum atomic E-state index is -1.12. The van der Waals surface area contributed by atoms with Crippen LogP contribution in [0.1, 0.15) is 69.8 Å². The summed E-state index contributed by atoms with van der Waals surface area (Å²) < 4.78 is 5.25. The second kappa shape index (κ2) is 14.0. The number of carbonyl (C=O) groups is 6. The van der Waals surface area contributed by atoms with E-state index in [0.29, 0.717) is 19.3 Å². The lowest BCUT2D eigenvalue weighted by molar-refractivity contribution is -0.157. The smallest absolute Gasteiger partial charge is 0.408 e. The van der Waals surface area contributed by atoms with Gasteiger partial charge in [-0.2, -0.15) is 0 Å². The van der Waals surface area contributed by atoms with Crippen LogP contribution in [0.5, 0.6) is 0 Å². The van der Waals surface area contributed by atoms with Crippen molar-refractivity contribution >= 4 is 36.0 Å². The summed E-state index contributed by atoms with van der Waals surface area (Å²) in [5.74, 6) is -2.16. The molecule has 3 fully saturated rings. The van der Waals surface area contributed by atoms with E-state index in [4.69, 9.17) is 4.74 Å². The van der Waals surface area contributed by atoms with Crippen LogP contribution in [0, 0.1) is 11.8 Å². The van der Waals surface area contributed by atoms with E-state index < -0.39 is 41.9 Å². The highest BCUT2D eigenvalue weighted by Crippen LogP contribution is 2.30. The minimum Gasteiger partial charge on any atom is -0.445 e. The molecule has 11 nitrogen and oxygen atoms in total. The van der Waals surface area contributed by atoms with Crippen LogP contribution in [0.3, 0.4) is 0 Å². The zero-order chi connectivity index (χ0) is 28.5. The Labute approximate surface area is 233 Å². The van der Waals surface area contributed by atoms with Crippen LogP contribution in [0.2, 0.25) is 0 Å². The van der Waals surface area contributed by atoms with Gasteiger partial charge in [0.25, 0.3) is 5.91 Å². The molecular formula is C29H38N4O7. The largest absolute Gasteiger partial charge is 0.445 e. The van der Waals surface area contributed by atoms with E-state index in [9.17, 15) is 28.8 Å². The lowest BCUT2D eigenvalue weighted by Crippen LogP contribution is -2.61. The van der Waals surface area contributed by atoms with Gasteiger partial charge in [0, 0.05) is 18.9 Å². The molecule has 3 aliphatic rings. The van der Waals surface area contributed by atoms with Gasteiger partial charge in [0.1, 0.15) is 25.0 Å². The third kappa shape index (κ3) is 7.67. The standard InChI is InChI=1S/C29H38N4O7/c34-17-22(16-21-13-14-30-26(21)36)31-27(37)24(15-19-7-3-1-4-8-19)33-25(35)12-11-23(28(33)38)32-29(39)40-18-20-9-5-2-6-10-20/h2,5-6,9-10,17,19,21-24H,1,3-4,7-8,11-16,18H2,(H,30,36)(H,31,37)(H,32,39)/t21?,22?,23-,24?/m0/s1. The molecule has 1 aliphatic carbocycles. The van der Waals surface area contributed by atoms with E-state index >= 15 is 0 Å². The summed E-state index contributed by atoms with van der Waals surface area (Å²) in [4.78, 5) is 77.5. The molecule has 5 amide bonds. The van der Waals surface area contributed by atoms with Gasteiger partial charge >= 0.3 is 6.09 Å². The third-order valence-electron chi connectivity index (χ3n) is 8.04. The van der Waals surface area contributed by atoms with Gasteiger partial charge in [0.05, 0.1) is 6.04 Å². The number of carbonyl (C=O) groups excluding carboxylic acids is 6. The van der Waals surface area contributed by atoms with E-state index in [0.717, 1.165) is 42.6 Å². The first kappa shape index (κ1) is 29.2. The van der Waals surface area contributed by atoms with Gasteiger partial charge in [-0.1, -0.05) is 62.4 Å². The Morgan fingerprint density at radius 3 is 2.45 bits per heavy atom. The molecule has 11 heteroatoms. The second-order valence-corrected chi connectivity index (χ2v) is 10.9. The van der Waals surface area contributed by atoms with Crippen LogP contribution in [0.4, 0.5) is 4.79 Å². The van der Waals surface area contributed by atoms with Crippen molar-refractivity contribution in [3.8, 4) is 0 Å². The molecule has 0 radical (unpaired) electrons. The Kier molecular flexibility index (Phi) is 10.3. The van der Waals surface area contributed by atoms with Gasteiger partial charge in [-0.25, -0.2) is 4.79 Å². The Morgan fingerprint density at radius 1 is 1.02 bits per heavy atom. The summed E-state index contributed by atoms with van der Waals surface area (Å²) in [5.41, 5.74) is 0.786. The molecule has 1 aromatic carbocycles. The molecule has 2 heterocycles. The molecule has 3 N–H and O–H groups in total. The summed E-state index contributed by atoms with van der Waals surface area (Å²) in [7, 11) is 0. The predicted molar refractivity (Wildman–Crippen MR) is 143 cm³/mol. The minimum absolute atomic E-state index is 0.0229. The molecule has 0 spiro atoms. The molecule has 216 valence electrons. The number of nitrogens with one attached hydrogen (secondary N) is 3. The Morgan fingerprint density at radius 2 is 1.77 bits per heavy atom. The highest BCUT2D eigenvalue weighted by molar-refractivity contribution is 6.05.